The van der Waals surface area contributed by atoms with Crippen LogP contribution in [0, 0.1) is 23.1 Å². The number of amides is 1. The molecule has 10 nitrogen and oxygen atoms in total. The Labute approximate surface area is 377 Å². The first kappa shape index (κ1) is 43.4. The molecule has 2 aromatic heterocycles. The van der Waals surface area contributed by atoms with Gasteiger partial charge in [0.05, 0.1) is 29.2 Å². The van der Waals surface area contributed by atoms with Crippen LogP contribution in [0.4, 0.5) is 19.4 Å². The molecule has 340 valence electrons. The highest BCUT2D eigenvalue weighted by Crippen LogP contribution is 2.59. The molecule has 1 saturated carbocycles. The van der Waals surface area contributed by atoms with Gasteiger partial charge in [0, 0.05) is 23.0 Å². The first-order valence-electron chi connectivity index (χ1n) is 23.9. The second kappa shape index (κ2) is 15.3. The molecule has 2 bridgehead atoms. The van der Waals surface area contributed by atoms with Crippen molar-refractivity contribution in [3.05, 3.63) is 47.5 Å². The number of nitrogens with zero attached hydrogens (tertiary/aromatic N) is 6. The highest BCUT2D eigenvalue weighted by Gasteiger charge is 2.62. The van der Waals surface area contributed by atoms with E-state index < -0.39 is 31.4 Å². The van der Waals surface area contributed by atoms with Gasteiger partial charge in [0.25, 0.3) is 0 Å². The molecule has 5 aliphatic heterocycles. The number of aromatic nitrogens is 3. The van der Waals surface area contributed by atoms with Crippen molar-refractivity contribution in [3.8, 4) is 34.6 Å². The third-order valence-corrected chi connectivity index (χ3v) is 22.4. The van der Waals surface area contributed by atoms with Crippen LogP contribution in [0.2, 0.25) is 16.6 Å². The molecule has 64 heavy (non-hydrogen) atoms. The SMILES string of the molecule is CC(C)[Si](C#Cc1c(F)ccc2cccc(-c3nc4c5c(nc(OCC67CCCN6C6(CC6)CC7)nc5c3F)N3C[C@H]5CC[C@@H]([C@H]3[C@H](C)O4)N5C(=O)OC(C)(C)C)c12)(C(C)C)C(C)C. The fourth-order valence-electron chi connectivity index (χ4n) is 13.2. The van der Waals surface area contributed by atoms with Gasteiger partial charge < -0.3 is 19.1 Å². The average Bonchev–Trinajstić information content (AvgIpc) is 3.70. The Morgan fingerprint density at radius 1 is 0.953 bits per heavy atom. The molecule has 2 aromatic carbocycles. The minimum absolute atomic E-state index is 0.00607. The lowest BCUT2D eigenvalue weighted by atomic mass is 9.95. The lowest BCUT2D eigenvalue weighted by molar-refractivity contribution is 0.000934. The van der Waals surface area contributed by atoms with Crippen LogP contribution >= 0.6 is 0 Å². The maximum Gasteiger partial charge on any atom is 0.410 e. The number of benzene rings is 2. The van der Waals surface area contributed by atoms with Crippen LogP contribution in [0.1, 0.15) is 126 Å². The summed E-state index contributed by atoms with van der Waals surface area (Å²) in [5, 5.41) is 1.58. The van der Waals surface area contributed by atoms with E-state index in [1.54, 1.807) is 12.1 Å². The Hall–Kier alpha value is -4.54. The van der Waals surface area contributed by atoms with Gasteiger partial charge in [-0.05, 0) is 114 Å². The average molecular weight is 891 g/mol. The van der Waals surface area contributed by atoms with E-state index in [0.717, 1.165) is 44.0 Å². The van der Waals surface area contributed by atoms with Crippen molar-refractivity contribution < 1.29 is 27.8 Å². The number of piperazine rings is 1. The van der Waals surface area contributed by atoms with E-state index in [1.165, 1.54) is 25.3 Å². The van der Waals surface area contributed by atoms with Gasteiger partial charge in [-0.2, -0.15) is 9.97 Å². The highest BCUT2D eigenvalue weighted by atomic mass is 28.3. The first-order chi connectivity index (χ1) is 30.4. The van der Waals surface area contributed by atoms with Gasteiger partial charge in [-0.1, -0.05) is 71.7 Å². The van der Waals surface area contributed by atoms with Crippen LogP contribution in [0.15, 0.2) is 30.3 Å². The third kappa shape index (κ3) is 6.69. The standard InChI is InChI=1S/C51H64F2N6O4Si/c1-29(2)64(30(3)4,31(5)6)26-19-35-37(52)17-15-33-13-11-14-36(39(33)35)42-41(53)43-40-45(56-47(55-43)61-28-51-20-12-25-58(51)50(21-22-50)23-24-51)57-27-34-16-18-38(44(57)32(7)62-46(40)54-42)59(34)48(60)63-49(8,9)10/h11,13-15,17,29-32,34,38,44H,12,16,18,20-25,27-28H2,1-10H3/t32-,34+,38-,44+,51?/m0/s1. The van der Waals surface area contributed by atoms with E-state index in [2.05, 4.69) is 62.8 Å². The van der Waals surface area contributed by atoms with E-state index in [-0.39, 0.29) is 58.4 Å². The number of pyridine rings is 1. The predicted molar refractivity (Wildman–Crippen MR) is 250 cm³/mol. The molecule has 1 unspecified atom stereocenters. The summed E-state index contributed by atoms with van der Waals surface area (Å²) in [5.41, 5.74) is 4.94. The number of carbonyl (C=O) groups is 1. The molecule has 4 saturated heterocycles. The number of anilines is 1. The van der Waals surface area contributed by atoms with Crippen LogP contribution in [0.3, 0.4) is 0 Å². The Morgan fingerprint density at radius 3 is 2.39 bits per heavy atom. The number of halogens is 2. The number of ether oxygens (including phenoxy) is 3. The van der Waals surface area contributed by atoms with Gasteiger partial charge in [0.2, 0.25) is 5.88 Å². The first-order valence-corrected chi connectivity index (χ1v) is 26.1. The summed E-state index contributed by atoms with van der Waals surface area (Å²) in [6.45, 7) is 22.9. The molecule has 7 heterocycles. The van der Waals surface area contributed by atoms with E-state index in [0.29, 0.717) is 57.5 Å². The number of carbonyl (C=O) groups excluding carboxylic acids is 1. The number of fused-ring (bicyclic) bond motifs is 8. The van der Waals surface area contributed by atoms with Crippen molar-refractivity contribution in [3.63, 3.8) is 0 Å². The smallest absolute Gasteiger partial charge is 0.410 e. The maximum absolute atomic E-state index is 18.0. The summed E-state index contributed by atoms with van der Waals surface area (Å²) in [6, 6.07) is 8.06. The summed E-state index contributed by atoms with van der Waals surface area (Å²) < 4.78 is 54.0. The number of rotatable bonds is 7. The minimum Gasteiger partial charge on any atom is -0.472 e. The molecule has 4 aromatic rings. The van der Waals surface area contributed by atoms with Crippen molar-refractivity contribution >= 4 is 41.7 Å². The van der Waals surface area contributed by atoms with E-state index >= 15 is 8.78 Å². The largest absolute Gasteiger partial charge is 0.472 e. The maximum atomic E-state index is 18.0. The number of hydrogen-bond acceptors (Lipinski definition) is 9. The Kier molecular flexibility index (Phi) is 10.3. The Bertz CT molecular complexity index is 2600. The molecular formula is C51H64F2N6O4Si. The van der Waals surface area contributed by atoms with Crippen molar-refractivity contribution in [1.29, 1.82) is 0 Å². The molecule has 0 radical (unpaired) electrons. The van der Waals surface area contributed by atoms with Gasteiger partial charge in [0.1, 0.15) is 54.6 Å². The molecule has 5 atom stereocenters. The summed E-state index contributed by atoms with van der Waals surface area (Å²) in [5.74, 6) is 2.94. The lowest BCUT2D eigenvalue weighted by Gasteiger charge is -2.48. The fourth-order valence-corrected chi connectivity index (χ4v) is 18.4. The van der Waals surface area contributed by atoms with E-state index in [4.69, 9.17) is 29.2 Å². The Balaban J connectivity index is 1.14. The molecular weight excluding hydrogens is 827 g/mol. The van der Waals surface area contributed by atoms with Gasteiger partial charge in [-0.3, -0.25) is 9.80 Å². The van der Waals surface area contributed by atoms with Crippen molar-refractivity contribution in [2.45, 2.75) is 178 Å². The quantitative estimate of drug-likeness (QED) is 0.133. The van der Waals surface area contributed by atoms with Gasteiger partial charge >= 0.3 is 12.1 Å². The molecule has 5 fully saturated rings. The zero-order valence-electron chi connectivity index (χ0n) is 39.3. The molecule has 13 heteroatoms. The molecule has 10 rings (SSSR count). The van der Waals surface area contributed by atoms with Crippen molar-refractivity contribution in [1.82, 2.24) is 24.8 Å². The highest BCUT2D eigenvalue weighted by molar-refractivity contribution is 6.90. The third-order valence-electron chi connectivity index (χ3n) is 16.1. The summed E-state index contributed by atoms with van der Waals surface area (Å²) >= 11 is 0. The zero-order valence-corrected chi connectivity index (χ0v) is 40.3. The van der Waals surface area contributed by atoms with Crippen LogP contribution in [0.5, 0.6) is 11.9 Å². The zero-order chi connectivity index (χ0) is 45.2. The molecule has 1 spiro atoms. The van der Waals surface area contributed by atoms with Gasteiger partial charge in [0.15, 0.2) is 5.82 Å². The fraction of sp³-hybridized carbons (Fsp3) is 0.608. The molecule has 6 aliphatic rings. The molecule has 0 N–H and O–H groups in total. The lowest BCUT2D eigenvalue weighted by Crippen LogP contribution is -2.65. The predicted octanol–water partition coefficient (Wildman–Crippen LogP) is 11.0. The van der Waals surface area contributed by atoms with Crippen LogP contribution in [-0.4, -0.2) is 99.5 Å². The van der Waals surface area contributed by atoms with Gasteiger partial charge in [-0.15, -0.1) is 5.54 Å². The normalized spacial score (nSPS) is 25.8. The van der Waals surface area contributed by atoms with Crippen molar-refractivity contribution in [2.24, 2.45) is 0 Å². The van der Waals surface area contributed by atoms with E-state index in [1.807, 2.05) is 44.7 Å². The molecule has 1 amide bonds. The Morgan fingerprint density at radius 2 is 1.69 bits per heavy atom. The number of hydrogen-bond donors (Lipinski definition) is 0. The van der Waals surface area contributed by atoms with Crippen LogP contribution in [-0.2, 0) is 4.74 Å². The second-order valence-electron chi connectivity index (χ2n) is 21.8. The monoisotopic (exact) mass is 890 g/mol. The van der Waals surface area contributed by atoms with E-state index in [9.17, 15) is 4.79 Å². The van der Waals surface area contributed by atoms with Gasteiger partial charge in [-0.25, -0.2) is 18.6 Å². The second-order valence-corrected chi connectivity index (χ2v) is 27.3. The summed E-state index contributed by atoms with van der Waals surface area (Å²) in [6.07, 6.45) is 7.54. The molecule has 1 aliphatic carbocycles. The summed E-state index contributed by atoms with van der Waals surface area (Å²) in [4.78, 5) is 35.7. The van der Waals surface area contributed by atoms with Crippen LogP contribution in [0.25, 0.3) is 32.9 Å². The van der Waals surface area contributed by atoms with Crippen LogP contribution < -0.4 is 14.4 Å². The van der Waals surface area contributed by atoms with Crippen molar-refractivity contribution in [2.75, 3.05) is 24.6 Å². The summed E-state index contributed by atoms with van der Waals surface area (Å²) in [7, 11) is -2.28. The minimum atomic E-state index is -2.28. The topological polar surface area (TPSA) is 93.2 Å².